The van der Waals surface area contributed by atoms with Crippen LogP contribution >= 0.6 is 11.6 Å². The van der Waals surface area contributed by atoms with Gasteiger partial charge in [0.2, 0.25) is 0 Å². The maximum Gasteiger partial charge on any atom is 0.143 e. The smallest absolute Gasteiger partial charge is 0.143 e. The molecule has 0 N–H and O–H groups in total. The average Bonchev–Trinajstić information content (AvgIpc) is 2.70. The molecule has 29 heavy (non-hydrogen) atoms. The van der Waals surface area contributed by atoms with Gasteiger partial charge in [0.25, 0.3) is 0 Å². The Bertz CT molecular complexity index is 684. The number of halogens is 1. The molecule has 2 aliphatic rings. The van der Waals surface area contributed by atoms with Crippen LogP contribution in [0, 0.1) is 30.1 Å². The van der Waals surface area contributed by atoms with Gasteiger partial charge < -0.3 is 4.90 Å². The Hall–Kier alpha value is -1.57. The molecular weight excluding hydrogens is 382 g/mol. The van der Waals surface area contributed by atoms with Crippen LogP contribution in [0.25, 0.3) is 0 Å². The minimum Gasteiger partial charge on any atom is -0.369 e. The summed E-state index contributed by atoms with van der Waals surface area (Å²) in [5.41, 5.74) is 2.65. The van der Waals surface area contributed by atoms with Crippen molar-refractivity contribution in [3.8, 4) is 6.07 Å². The van der Waals surface area contributed by atoms with Gasteiger partial charge in [-0.1, -0.05) is 50.3 Å². The summed E-state index contributed by atoms with van der Waals surface area (Å²) in [4.78, 5) is 15.0. The second kappa shape index (κ2) is 12.2. The number of nitrogens with zero attached hydrogens (tertiary/aromatic N) is 3. The van der Waals surface area contributed by atoms with E-state index in [1.807, 2.05) is 6.07 Å². The van der Waals surface area contributed by atoms with E-state index in [4.69, 9.17) is 16.9 Å². The summed E-state index contributed by atoms with van der Waals surface area (Å²) < 4.78 is 0. The molecule has 0 aromatic heterocycles. The first-order chi connectivity index (χ1) is 13.9. The molecule has 0 radical (unpaired) electrons. The summed E-state index contributed by atoms with van der Waals surface area (Å²) in [6.07, 6.45) is 7.27. The third-order valence-electron chi connectivity index (χ3n) is 6.20. The predicted molar refractivity (Wildman–Crippen MR) is 121 cm³/mol. The third kappa shape index (κ3) is 8.36. The van der Waals surface area contributed by atoms with Crippen molar-refractivity contribution in [2.75, 3.05) is 37.6 Å². The van der Waals surface area contributed by atoms with Crippen molar-refractivity contribution >= 4 is 23.1 Å². The number of hydrogen-bond donors (Lipinski definition) is 0. The SMILES string of the molecule is CC(=O)CC#N.Cc1ccc(Cl)cc1N1CCN(CCC2CCC(C)CC2)CC1. The largest absolute Gasteiger partial charge is 0.369 e. The highest BCUT2D eigenvalue weighted by molar-refractivity contribution is 6.30. The molecule has 1 aliphatic heterocycles. The molecule has 160 valence electrons. The highest BCUT2D eigenvalue weighted by atomic mass is 35.5. The van der Waals surface area contributed by atoms with Gasteiger partial charge in [0.1, 0.15) is 5.78 Å². The Labute approximate surface area is 181 Å². The number of piperazine rings is 1. The van der Waals surface area contributed by atoms with Crippen LogP contribution in [-0.4, -0.2) is 43.4 Å². The standard InChI is InChI=1S/C20H31ClN2.C4H5NO/c1-16-3-6-18(7-4-16)9-10-22-11-13-23(14-12-22)20-15-19(21)8-5-17(20)2;1-4(6)2-3-5/h5,8,15-16,18H,3-4,6-7,9-14H2,1-2H3;2H2,1H3. The number of anilines is 1. The number of rotatable bonds is 5. The zero-order valence-electron chi connectivity index (χ0n) is 18.3. The number of Topliss-reactive ketones (excluding diaryl/α,β-unsaturated/α-hetero) is 1. The van der Waals surface area contributed by atoms with Gasteiger partial charge in [-0.05, 0) is 56.3 Å². The van der Waals surface area contributed by atoms with Gasteiger partial charge in [-0.15, -0.1) is 0 Å². The van der Waals surface area contributed by atoms with Crippen molar-refractivity contribution < 1.29 is 4.79 Å². The molecule has 1 heterocycles. The number of ketones is 1. The lowest BCUT2D eigenvalue weighted by atomic mass is 9.81. The Morgan fingerprint density at radius 2 is 1.83 bits per heavy atom. The van der Waals surface area contributed by atoms with E-state index in [9.17, 15) is 4.79 Å². The van der Waals surface area contributed by atoms with E-state index in [0.717, 1.165) is 29.9 Å². The van der Waals surface area contributed by atoms with Gasteiger partial charge in [-0.25, -0.2) is 0 Å². The lowest BCUT2D eigenvalue weighted by Crippen LogP contribution is -2.47. The Kier molecular flexibility index (Phi) is 9.97. The monoisotopic (exact) mass is 417 g/mol. The first kappa shape index (κ1) is 23.7. The van der Waals surface area contributed by atoms with Gasteiger partial charge >= 0.3 is 0 Å². The van der Waals surface area contributed by atoms with Gasteiger partial charge in [0.15, 0.2) is 0 Å². The Morgan fingerprint density at radius 1 is 1.17 bits per heavy atom. The average molecular weight is 418 g/mol. The number of hydrogen-bond acceptors (Lipinski definition) is 4. The van der Waals surface area contributed by atoms with E-state index < -0.39 is 0 Å². The maximum atomic E-state index is 9.82. The molecule has 0 bridgehead atoms. The maximum absolute atomic E-state index is 9.82. The van der Waals surface area contributed by atoms with Crippen LogP contribution in [0.3, 0.4) is 0 Å². The molecule has 1 aliphatic carbocycles. The summed E-state index contributed by atoms with van der Waals surface area (Å²) in [5.74, 6) is 1.88. The van der Waals surface area contributed by atoms with E-state index in [1.54, 1.807) is 6.07 Å². The summed E-state index contributed by atoms with van der Waals surface area (Å²) in [6, 6.07) is 7.96. The van der Waals surface area contributed by atoms with Crippen LogP contribution in [0.15, 0.2) is 18.2 Å². The van der Waals surface area contributed by atoms with Gasteiger partial charge in [0, 0.05) is 36.9 Å². The number of carbonyl (C=O) groups excluding carboxylic acids is 1. The first-order valence-corrected chi connectivity index (χ1v) is 11.4. The predicted octanol–water partition coefficient (Wildman–Crippen LogP) is 5.48. The molecule has 1 saturated carbocycles. The summed E-state index contributed by atoms with van der Waals surface area (Å²) >= 11 is 6.17. The van der Waals surface area contributed by atoms with E-state index >= 15 is 0 Å². The third-order valence-corrected chi connectivity index (χ3v) is 6.44. The molecule has 5 heteroatoms. The van der Waals surface area contributed by atoms with Crippen molar-refractivity contribution in [3.05, 3.63) is 28.8 Å². The number of benzene rings is 1. The summed E-state index contributed by atoms with van der Waals surface area (Å²) in [6.45, 7) is 11.9. The molecule has 2 fully saturated rings. The van der Waals surface area contributed by atoms with Crippen molar-refractivity contribution in [1.29, 1.82) is 5.26 Å². The molecule has 0 atom stereocenters. The van der Waals surface area contributed by atoms with Crippen LogP contribution in [0.4, 0.5) is 5.69 Å². The number of carbonyl (C=O) groups is 1. The molecule has 3 rings (SSSR count). The van der Waals surface area contributed by atoms with Crippen molar-refractivity contribution in [3.63, 3.8) is 0 Å². The van der Waals surface area contributed by atoms with Crippen LogP contribution in [-0.2, 0) is 4.79 Å². The molecule has 0 amide bonds. The fourth-order valence-electron chi connectivity index (χ4n) is 4.23. The number of nitriles is 1. The zero-order chi connectivity index (χ0) is 21.2. The van der Waals surface area contributed by atoms with E-state index in [-0.39, 0.29) is 12.2 Å². The van der Waals surface area contributed by atoms with E-state index in [0.29, 0.717) is 0 Å². The Morgan fingerprint density at radius 3 is 2.38 bits per heavy atom. The fraction of sp³-hybridized carbons (Fsp3) is 0.667. The molecular formula is C24H36ClN3O. The molecule has 0 unspecified atom stereocenters. The quantitative estimate of drug-likeness (QED) is 0.636. The fourth-order valence-corrected chi connectivity index (χ4v) is 4.40. The van der Waals surface area contributed by atoms with Gasteiger partial charge in [0.05, 0.1) is 12.5 Å². The topological polar surface area (TPSA) is 47.3 Å². The highest BCUT2D eigenvalue weighted by Crippen LogP contribution is 2.31. The second-order valence-corrected chi connectivity index (χ2v) is 9.15. The van der Waals surface area contributed by atoms with Crippen molar-refractivity contribution in [2.45, 2.75) is 59.3 Å². The lowest BCUT2D eigenvalue weighted by Gasteiger charge is -2.37. The minimum absolute atomic E-state index is 0.0417. The van der Waals surface area contributed by atoms with Crippen molar-refractivity contribution in [1.82, 2.24) is 4.90 Å². The van der Waals surface area contributed by atoms with Crippen LogP contribution in [0.5, 0.6) is 0 Å². The molecule has 1 saturated heterocycles. The summed E-state index contributed by atoms with van der Waals surface area (Å²) in [5, 5.41) is 8.61. The van der Waals surface area contributed by atoms with Crippen LogP contribution in [0.1, 0.15) is 57.9 Å². The highest BCUT2D eigenvalue weighted by Gasteiger charge is 2.22. The van der Waals surface area contributed by atoms with E-state index in [1.165, 1.54) is 69.9 Å². The van der Waals surface area contributed by atoms with Crippen LogP contribution < -0.4 is 4.90 Å². The molecule has 1 aromatic rings. The van der Waals surface area contributed by atoms with Gasteiger partial charge in [-0.2, -0.15) is 5.26 Å². The van der Waals surface area contributed by atoms with Gasteiger partial charge in [-0.3, -0.25) is 9.69 Å². The second-order valence-electron chi connectivity index (χ2n) is 8.71. The molecule has 1 aromatic carbocycles. The minimum atomic E-state index is -0.0718. The Balaban J connectivity index is 0.000000438. The first-order valence-electron chi connectivity index (χ1n) is 11.0. The van der Waals surface area contributed by atoms with Crippen molar-refractivity contribution in [2.24, 2.45) is 11.8 Å². The zero-order valence-corrected chi connectivity index (χ0v) is 19.0. The van der Waals surface area contributed by atoms with Crippen LogP contribution in [0.2, 0.25) is 5.02 Å². The summed E-state index contributed by atoms with van der Waals surface area (Å²) in [7, 11) is 0. The lowest BCUT2D eigenvalue weighted by molar-refractivity contribution is -0.116. The normalized spacial score (nSPS) is 22.4. The number of aryl methyl sites for hydroxylation is 1. The molecule has 4 nitrogen and oxygen atoms in total. The molecule has 0 spiro atoms. The van der Waals surface area contributed by atoms with E-state index in [2.05, 4.69) is 35.8 Å².